The van der Waals surface area contributed by atoms with Crippen molar-refractivity contribution < 1.29 is 76.3 Å². The zero-order chi connectivity index (χ0) is 35.4. The third-order valence-electron chi connectivity index (χ3n) is 6.38. The fourth-order valence-corrected chi connectivity index (χ4v) is 3.86. The predicted molar refractivity (Wildman–Crippen MR) is 163 cm³/mol. The molecule has 0 aromatic carbocycles. The van der Waals surface area contributed by atoms with Crippen LogP contribution < -0.4 is 5.32 Å². The van der Waals surface area contributed by atoms with Crippen LogP contribution in [0.3, 0.4) is 0 Å². The molecule has 0 aliphatic carbocycles. The zero-order valence-corrected chi connectivity index (χ0v) is 27.9. The van der Waals surface area contributed by atoms with Crippen molar-refractivity contribution >= 4 is 35.6 Å². The molecule has 19 heteroatoms. The molecule has 2 fully saturated rings. The van der Waals surface area contributed by atoms with Gasteiger partial charge in [-0.2, -0.15) is 0 Å². The van der Waals surface area contributed by atoms with E-state index in [0.29, 0.717) is 102 Å². The van der Waals surface area contributed by atoms with Crippen LogP contribution in [-0.2, 0) is 76.3 Å². The minimum atomic E-state index is -0.706. The minimum Gasteiger partial charge on any atom is -0.378 e. The number of rotatable bonds is 32. The molecule has 19 nitrogen and oxygen atoms in total. The van der Waals surface area contributed by atoms with Crippen LogP contribution in [0.15, 0.2) is 0 Å². The van der Waals surface area contributed by atoms with E-state index in [1.165, 1.54) is 0 Å². The first-order chi connectivity index (χ1) is 23.9. The fraction of sp³-hybridized carbons (Fsp3) is 0.800. The van der Waals surface area contributed by atoms with Crippen molar-refractivity contribution in [3.8, 4) is 0 Å². The van der Waals surface area contributed by atoms with Crippen LogP contribution in [0.2, 0.25) is 0 Å². The lowest BCUT2D eigenvalue weighted by molar-refractivity contribution is -0.198. The van der Waals surface area contributed by atoms with Gasteiger partial charge in [-0.25, -0.2) is 9.59 Å². The highest BCUT2D eigenvalue weighted by molar-refractivity contribution is 6.02. The summed E-state index contributed by atoms with van der Waals surface area (Å²) < 4.78 is 43.1. The fourth-order valence-electron chi connectivity index (χ4n) is 3.86. The molecule has 0 saturated carbocycles. The number of hydroxylamine groups is 4. The molecule has 2 aliphatic heterocycles. The van der Waals surface area contributed by atoms with Crippen molar-refractivity contribution in [1.29, 1.82) is 0 Å². The van der Waals surface area contributed by atoms with Gasteiger partial charge in [0.2, 0.25) is 0 Å². The van der Waals surface area contributed by atoms with Crippen molar-refractivity contribution in [2.45, 2.75) is 38.5 Å². The number of ether oxygens (including phenoxy) is 8. The lowest BCUT2D eigenvalue weighted by Gasteiger charge is -2.12. The number of nitrogens with one attached hydrogen (secondary N) is 1. The molecule has 0 radical (unpaired) electrons. The number of nitrogens with zero attached hydrogens (tertiary/aromatic N) is 2. The largest absolute Gasteiger partial charge is 0.378 e. The van der Waals surface area contributed by atoms with E-state index in [9.17, 15) is 28.8 Å². The van der Waals surface area contributed by atoms with Crippen LogP contribution in [0.25, 0.3) is 0 Å². The Labute approximate surface area is 284 Å². The number of hydrogen-bond donors (Lipinski definition) is 1. The quantitative estimate of drug-likeness (QED) is 0.0636. The number of amides is 4. The van der Waals surface area contributed by atoms with Gasteiger partial charge in [0.15, 0.2) is 0 Å². The minimum absolute atomic E-state index is 0.0527. The average Bonchev–Trinajstić information content (AvgIpc) is 3.57. The van der Waals surface area contributed by atoms with Gasteiger partial charge in [0.1, 0.15) is 0 Å². The second-order valence-electron chi connectivity index (χ2n) is 10.2. The highest BCUT2D eigenvalue weighted by Gasteiger charge is 2.33. The van der Waals surface area contributed by atoms with E-state index < -0.39 is 35.6 Å². The van der Waals surface area contributed by atoms with Crippen molar-refractivity contribution in [1.82, 2.24) is 15.4 Å². The van der Waals surface area contributed by atoms with Crippen LogP contribution in [0.4, 0.5) is 0 Å². The van der Waals surface area contributed by atoms with E-state index >= 15 is 0 Å². The van der Waals surface area contributed by atoms with Crippen molar-refractivity contribution in [2.24, 2.45) is 0 Å². The first kappa shape index (κ1) is 42.0. The molecule has 0 spiro atoms. The molecule has 2 saturated heterocycles. The maximum atomic E-state index is 11.6. The summed E-state index contributed by atoms with van der Waals surface area (Å²) in [6.45, 7) is 7.25. The molecular weight excluding hydrogens is 658 g/mol. The smallest absolute Gasteiger partial charge is 0.335 e. The van der Waals surface area contributed by atoms with E-state index in [4.69, 9.17) is 47.6 Å². The van der Waals surface area contributed by atoms with Gasteiger partial charge in [-0.15, -0.1) is 10.1 Å². The molecule has 0 bridgehead atoms. The summed E-state index contributed by atoms with van der Waals surface area (Å²) in [4.78, 5) is 78.3. The second kappa shape index (κ2) is 27.7. The highest BCUT2D eigenvalue weighted by Crippen LogP contribution is 2.13. The number of hydrogen-bond acceptors (Lipinski definition) is 17. The van der Waals surface area contributed by atoms with Crippen LogP contribution in [0.5, 0.6) is 0 Å². The van der Waals surface area contributed by atoms with Crippen molar-refractivity contribution in [3.63, 3.8) is 0 Å². The molecule has 0 atom stereocenters. The van der Waals surface area contributed by atoms with Crippen molar-refractivity contribution in [2.75, 3.05) is 119 Å². The topological polar surface area (TPSA) is 213 Å². The summed E-state index contributed by atoms with van der Waals surface area (Å²) in [5, 5.41) is 4.24. The molecule has 2 heterocycles. The maximum Gasteiger partial charge on any atom is 0.335 e. The molecule has 49 heavy (non-hydrogen) atoms. The molecule has 0 unspecified atom stereocenters. The summed E-state index contributed by atoms with van der Waals surface area (Å²) in [7, 11) is 0. The summed E-state index contributed by atoms with van der Waals surface area (Å²) in [5.41, 5.74) is 0. The first-order valence-corrected chi connectivity index (χ1v) is 16.3. The summed E-state index contributed by atoms with van der Waals surface area (Å²) >= 11 is 0. The Morgan fingerprint density at radius 2 is 0.653 bits per heavy atom. The Morgan fingerprint density at radius 3 is 0.939 bits per heavy atom. The van der Waals surface area contributed by atoms with E-state index in [-0.39, 0.29) is 65.0 Å². The van der Waals surface area contributed by atoms with Crippen LogP contribution in [-0.4, -0.2) is 164 Å². The van der Waals surface area contributed by atoms with Crippen molar-refractivity contribution in [3.05, 3.63) is 0 Å². The third-order valence-corrected chi connectivity index (χ3v) is 6.38. The predicted octanol–water partition coefficient (Wildman–Crippen LogP) is -1.30. The van der Waals surface area contributed by atoms with Gasteiger partial charge in [0.05, 0.1) is 119 Å². The summed E-state index contributed by atoms with van der Waals surface area (Å²) in [6.07, 6.45) is 0.0486. The van der Waals surface area contributed by atoms with Crippen LogP contribution in [0, 0.1) is 0 Å². The van der Waals surface area contributed by atoms with Crippen LogP contribution >= 0.6 is 0 Å². The molecule has 280 valence electrons. The first-order valence-electron chi connectivity index (χ1n) is 16.3. The Hall–Kier alpha value is -3.14. The van der Waals surface area contributed by atoms with Gasteiger partial charge in [0.25, 0.3) is 23.6 Å². The molecule has 2 aliphatic rings. The van der Waals surface area contributed by atoms with Gasteiger partial charge in [0, 0.05) is 38.8 Å². The Balaban J connectivity index is 1.18. The summed E-state index contributed by atoms with van der Waals surface area (Å²) in [5.74, 6) is -3.48. The normalized spacial score (nSPS) is 14.8. The van der Waals surface area contributed by atoms with Gasteiger partial charge in [-0.05, 0) is 0 Å². The molecule has 4 amide bonds. The maximum absolute atomic E-state index is 11.6. The molecule has 0 aromatic heterocycles. The van der Waals surface area contributed by atoms with Gasteiger partial charge in [-0.1, -0.05) is 0 Å². The molecular formula is C30H49N3O16. The number of carbonyl (C=O) groups excluding carboxylic acids is 6. The van der Waals surface area contributed by atoms with E-state index in [0.717, 1.165) is 0 Å². The SMILES string of the molecule is O=C(CCOCCOCCOCCOCCNCCOCCOCCOCCOCCC(=O)ON1C(=O)CCC1=O)ON1C(=O)CCC1=O. The molecule has 2 rings (SSSR count). The Morgan fingerprint density at radius 1 is 0.408 bits per heavy atom. The number of imide groups is 2. The second-order valence-corrected chi connectivity index (χ2v) is 10.2. The van der Waals surface area contributed by atoms with Crippen LogP contribution in [0.1, 0.15) is 38.5 Å². The molecule has 1 N–H and O–H groups in total. The standard InChI is InChI=1S/C30H49N3O16/c34-25-1-2-26(35)32(25)48-29(38)5-9-40-13-17-44-21-23-46-19-15-42-11-7-31-8-12-43-16-20-47-24-22-45-18-14-41-10-6-30(39)49-33-27(36)3-4-28(33)37/h31H,1-24H2. The van der Waals surface area contributed by atoms with Gasteiger partial charge >= 0.3 is 11.9 Å². The Bertz CT molecular complexity index is 892. The van der Waals surface area contributed by atoms with Gasteiger partial charge in [-0.3, -0.25) is 19.2 Å². The van der Waals surface area contributed by atoms with E-state index in [1.54, 1.807) is 0 Å². The molecule has 0 aromatic rings. The monoisotopic (exact) mass is 707 g/mol. The lowest BCUT2D eigenvalue weighted by atomic mass is 10.4. The zero-order valence-electron chi connectivity index (χ0n) is 27.9. The third kappa shape index (κ3) is 20.9. The lowest BCUT2D eigenvalue weighted by Crippen LogP contribution is -2.32. The highest BCUT2D eigenvalue weighted by atomic mass is 16.7. The number of carbonyl (C=O) groups is 6. The van der Waals surface area contributed by atoms with E-state index in [1.807, 2.05) is 0 Å². The van der Waals surface area contributed by atoms with E-state index in [2.05, 4.69) is 5.32 Å². The Kier molecular flexibility index (Phi) is 23.7. The van der Waals surface area contributed by atoms with Gasteiger partial charge < -0.3 is 52.9 Å². The summed E-state index contributed by atoms with van der Waals surface area (Å²) in [6, 6.07) is 0. The average molecular weight is 708 g/mol.